The van der Waals surface area contributed by atoms with E-state index in [4.69, 9.17) is 27.8 Å². The van der Waals surface area contributed by atoms with Crippen LogP contribution in [-0.4, -0.2) is 101 Å². The quantitative estimate of drug-likeness (QED) is 0.115. The number of amides is 1. The van der Waals surface area contributed by atoms with E-state index in [0.717, 1.165) is 15.8 Å². The van der Waals surface area contributed by atoms with E-state index in [9.17, 15) is 13.2 Å². The minimum atomic E-state index is -2.95. The summed E-state index contributed by atoms with van der Waals surface area (Å²) in [4.78, 5) is 21.1. The molecule has 2 aromatic carbocycles. The summed E-state index contributed by atoms with van der Waals surface area (Å²) in [5.41, 5.74) is 8.83. The molecule has 0 spiro atoms. The minimum absolute atomic E-state index is 0. The molecular formula is C31H45N5O7S3. The third kappa shape index (κ3) is 12.7. The number of rotatable bonds is 11. The summed E-state index contributed by atoms with van der Waals surface area (Å²) in [5.74, 6) is 1.44. The molecule has 0 radical (unpaired) electrons. The fraction of sp³-hybridized carbons (Fsp3) is 0.355. The molecule has 0 saturated carbocycles. The van der Waals surface area contributed by atoms with E-state index >= 15 is 0 Å². The first-order valence-electron chi connectivity index (χ1n) is 13.9. The molecule has 5 rings (SSSR count). The number of carbonyl (C=O) groups is 1. The van der Waals surface area contributed by atoms with Gasteiger partial charge in [0.25, 0.3) is 5.91 Å². The Morgan fingerprint density at radius 1 is 1.09 bits per heavy atom. The number of aromatic nitrogens is 2. The summed E-state index contributed by atoms with van der Waals surface area (Å²) in [6, 6.07) is 20.9. The van der Waals surface area contributed by atoms with Gasteiger partial charge in [0.05, 0.1) is 29.3 Å². The first-order valence-corrected chi connectivity index (χ1v) is 17.2. The van der Waals surface area contributed by atoms with Crippen LogP contribution in [-0.2, 0) is 15.6 Å². The highest BCUT2D eigenvalue weighted by Gasteiger charge is 2.24. The number of nitrogens with zero attached hydrogens (tertiary/aromatic N) is 1. The number of nitrogens with one attached hydrogen (secondary N) is 3. The van der Waals surface area contributed by atoms with Gasteiger partial charge in [-0.15, -0.1) is 0 Å². The van der Waals surface area contributed by atoms with Crippen molar-refractivity contribution in [2.45, 2.75) is 18.4 Å². The van der Waals surface area contributed by atoms with E-state index in [1.54, 1.807) is 30.0 Å². The number of fused-ring (bicyclic) bond motifs is 1. The van der Waals surface area contributed by atoms with Crippen molar-refractivity contribution in [1.29, 1.82) is 0 Å². The van der Waals surface area contributed by atoms with Crippen molar-refractivity contribution in [3.63, 3.8) is 0 Å². The van der Waals surface area contributed by atoms with Gasteiger partial charge in [0, 0.05) is 54.8 Å². The highest BCUT2D eigenvalue weighted by atomic mass is 32.2. The van der Waals surface area contributed by atoms with Gasteiger partial charge in [0.1, 0.15) is 22.7 Å². The molecule has 1 aliphatic heterocycles. The first kappa shape index (κ1) is 40.6. The van der Waals surface area contributed by atoms with Crippen molar-refractivity contribution in [3.8, 4) is 5.75 Å². The molecule has 0 aliphatic carbocycles. The van der Waals surface area contributed by atoms with Crippen molar-refractivity contribution in [1.82, 2.24) is 20.2 Å². The first-order chi connectivity index (χ1) is 20.7. The number of hydrogen-bond acceptors (Lipinski definition) is 9. The Kier molecular flexibility index (Phi) is 17.6. The Hall–Kier alpha value is -3.44. The van der Waals surface area contributed by atoms with Gasteiger partial charge in [-0.05, 0) is 29.8 Å². The second-order valence-electron chi connectivity index (χ2n) is 10.0. The molecule has 1 unspecified atom stereocenters. The lowest BCUT2D eigenvalue weighted by Gasteiger charge is -2.30. The Balaban J connectivity index is 0.000000938. The van der Waals surface area contributed by atoms with Gasteiger partial charge in [-0.2, -0.15) is 11.8 Å². The Morgan fingerprint density at radius 2 is 1.78 bits per heavy atom. The van der Waals surface area contributed by atoms with E-state index in [1.165, 1.54) is 5.56 Å². The number of nitrogen functional groups attached to an aromatic ring is 1. The fourth-order valence-corrected chi connectivity index (χ4v) is 7.04. The summed E-state index contributed by atoms with van der Waals surface area (Å²) >= 11 is 6.51. The normalized spacial score (nSPS) is 14.3. The van der Waals surface area contributed by atoms with Gasteiger partial charge in [-0.25, -0.2) is 8.42 Å². The Bertz CT molecular complexity index is 1620. The molecule has 1 saturated heterocycles. The average molecular weight is 696 g/mol. The summed E-state index contributed by atoms with van der Waals surface area (Å²) in [7, 11) is -2.95. The molecule has 254 valence electrons. The van der Waals surface area contributed by atoms with Gasteiger partial charge >= 0.3 is 0 Å². The highest BCUT2D eigenvalue weighted by Crippen LogP contribution is 2.28. The number of aromatic amines is 2. The van der Waals surface area contributed by atoms with Crippen molar-refractivity contribution in [2.24, 2.45) is 0 Å². The third-order valence-electron chi connectivity index (χ3n) is 6.74. The summed E-state index contributed by atoms with van der Waals surface area (Å²) < 4.78 is 29.9. The summed E-state index contributed by atoms with van der Waals surface area (Å²) in [6.07, 6.45) is 1.81. The number of pyridine rings is 1. The minimum Gasteiger partial charge on any atom is -0.491 e. The lowest BCUT2D eigenvalue weighted by atomic mass is 10.2. The maximum absolute atomic E-state index is 13.0. The van der Waals surface area contributed by atoms with Crippen LogP contribution in [0.4, 0.5) is 5.69 Å². The zero-order valence-electron chi connectivity index (χ0n) is 24.7. The lowest BCUT2D eigenvalue weighted by Crippen LogP contribution is -2.45. The number of ether oxygens (including phenoxy) is 1. The molecule has 3 heterocycles. The monoisotopic (exact) mass is 695 g/mol. The maximum atomic E-state index is 13.0. The van der Waals surface area contributed by atoms with Crippen molar-refractivity contribution in [2.75, 3.05) is 56.6 Å². The number of hydrogen-bond donors (Lipinski definition) is 5. The highest BCUT2D eigenvalue weighted by molar-refractivity contribution is 7.99. The lowest BCUT2D eigenvalue weighted by molar-refractivity contribution is 0.0948. The number of aliphatic hydroxyl groups excluding tert-OH is 1. The van der Waals surface area contributed by atoms with Crippen LogP contribution in [0.2, 0.25) is 0 Å². The van der Waals surface area contributed by atoms with Crippen LogP contribution >= 0.6 is 24.0 Å². The predicted octanol–water partition coefficient (Wildman–Crippen LogP) is 2.61. The number of thioether (sulfide) groups is 1. The molecule has 1 aliphatic rings. The molecule has 0 bridgehead atoms. The molecule has 12 nitrogen and oxygen atoms in total. The SMILES string of the molecule is C.Nc1cc(OCCO)cc2cc(C(=O)NCC(CN3CCS(=O)(=O)CC3)SCc3ccccc3)[nH]c12.O.O.S=c1cccc[nH]1. The number of H-pyrrole nitrogens is 2. The molecule has 15 heteroatoms. The fourth-order valence-electron chi connectivity index (χ4n) is 4.48. The molecule has 46 heavy (non-hydrogen) atoms. The third-order valence-corrected chi connectivity index (χ3v) is 9.89. The van der Waals surface area contributed by atoms with Crippen LogP contribution < -0.4 is 15.8 Å². The Labute approximate surface area is 279 Å². The zero-order valence-corrected chi connectivity index (χ0v) is 27.1. The molecule has 2 aromatic heterocycles. The van der Waals surface area contributed by atoms with E-state index in [0.29, 0.717) is 48.8 Å². The zero-order chi connectivity index (χ0) is 30.7. The standard InChI is InChI=1S/C25H32N4O5S2.C5H5NS.CH4.2H2O/c26-22-14-20(34-9-8-30)12-19-13-23(28-24(19)22)25(31)27-15-21(35-17-18-4-2-1-3-5-18)16-29-6-10-36(32,33)11-7-29;7-5-3-1-2-4-6-5;;;/h1-5,12-14,21,28,30H,6-11,15-17,26H2,(H,27,31);1-4H,(H,6,7);1H4;2*1H2. The number of nitrogens with two attached hydrogens (primary N) is 1. The number of anilines is 1. The Morgan fingerprint density at radius 3 is 2.39 bits per heavy atom. The number of carbonyl (C=O) groups excluding carboxylic acids is 1. The summed E-state index contributed by atoms with van der Waals surface area (Å²) in [6.45, 7) is 2.22. The second kappa shape index (κ2) is 19.9. The smallest absolute Gasteiger partial charge is 0.267 e. The summed E-state index contributed by atoms with van der Waals surface area (Å²) in [5, 5.41) is 12.8. The van der Waals surface area contributed by atoms with Gasteiger partial charge < -0.3 is 46.7 Å². The van der Waals surface area contributed by atoms with Crippen LogP contribution in [0.3, 0.4) is 0 Å². The van der Waals surface area contributed by atoms with Crippen LogP contribution in [0.5, 0.6) is 5.75 Å². The average Bonchev–Trinajstić information content (AvgIpc) is 3.45. The second-order valence-corrected chi connectivity index (χ2v) is 14.1. The number of sulfone groups is 1. The maximum Gasteiger partial charge on any atom is 0.267 e. The van der Waals surface area contributed by atoms with Crippen LogP contribution in [0.1, 0.15) is 23.5 Å². The molecule has 1 fully saturated rings. The largest absolute Gasteiger partial charge is 0.491 e. The number of benzene rings is 2. The van der Waals surface area contributed by atoms with E-state index in [2.05, 4.69) is 32.3 Å². The topological polar surface area (TPSA) is 217 Å². The van der Waals surface area contributed by atoms with Crippen LogP contribution in [0, 0.1) is 4.64 Å². The van der Waals surface area contributed by atoms with Crippen LogP contribution in [0.25, 0.3) is 10.9 Å². The molecule has 10 N–H and O–H groups in total. The van der Waals surface area contributed by atoms with E-state index in [1.807, 2.05) is 42.6 Å². The molecular weight excluding hydrogens is 651 g/mol. The predicted molar refractivity (Wildman–Crippen MR) is 190 cm³/mol. The van der Waals surface area contributed by atoms with Gasteiger partial charge in [0.2, 0.25) is 0 Å². The van der Waals surface area contributed by atoms with Crippen molar-refractivity contribution >= 4 is 56.3 Å². The molecule has 1 amide bonds. The van der Waals surface area contributed by atoms with E-state index < -0.39 is 9.84 Å². The number of aliphatic hydroxyl groups is 1. The van der Waals surface area contributed by atoms with Gasteiger partial charge in [-0.1, -0.05) is 56.0 Å². The van der Waals surface area contributed by atoms with Gasteiger partial charge in [-0.3, -0.25) is 4.79 Å². The molecule has 1 atom stereocenters. The van der Waals surface area contributed by atoms with E-state index in [-0.39, 0.29) is 54.3 Å². The molecule has 4 aromatic rings. The van der Waals surface area contributed by atoms with Crippen molar-refractivity contribution in [3.05, 3.63) is 88.8 Å². The van der Waals surface area contributed by atoms with Crippen molar-refractivity contribution < 1.29 is 34.0 Å². The van der Waals surface area contributed by atoms with Gasteiger partial charge in [0.15, 0.2) is 9.84 Å². The van der Waals surface area contributed by atoms with Crippen LogP contribution in [0.15, 0.2) is 72.9 Å².